The summed E-state index contributed by atoms with van der Waals surface area (Å²) < 4.78 is 6.00. The second-order valence-corrected chi connectivity index (χ2v) is 10.6. The number of rotatable bonds is 3. The summed E-state index contributed by atoms with van der Waals surface area (Å²) in [6.07, 6.45) is 0. The molecule has 1 rings (SSSR count). The Morgan fingerprint density at radius 3 is 2.25 bits per heavy atom. The second kappa shape index (κ2) is 4.28. The molecule has 0 radical (unpaired) electrons. The smallest absolute Gasteiger partial charge is 0.186 e. The largest absolute Gasteiger partial charge is 0.396 e. The van der Waals surface area contributed by atoms with Gasteiger partial charge in [-0.25, -0.2) is 4.98 Å². The van der Waals surface area contributed by atoms with Crippen molar-refractivity contribution in [3.63, 3.8) is 0 Å². The maximum atomic E-state index is 9.36. The van der Waals surface area contributed by atoms with Crippen molar-refractivity contribution >= 4 is 19.7 Å². The number of nitrogens with zero attached hydrogens (tertiary/aromatic N) is 2. The SMILES string of the molecule is Cc1nc(C)c([C@](C)(C#N)O[Si](C)(C)C)s1. The molecule has 0 aliphatic carbocycles. The van der Waals surface area contributed by atoms with Gasteiger partial charge in [0.25, 0.3) is 0 Å². The zero-order valence-corrected chi connectivity index (χ0v) is 12.5. The quantitative estimate of drug-likeness (QED) is 0.777. The van der Waals surface area contributed by atoms with Gasteiger partial charge in [0.1, 0.15) is 6.07 Å². The molecule has 16 heavy (non-hydrogen) atoms. The first-order valence-corrected chi connectivity index (χ1v) is 9.46. The highest BCUT2D eigenvalue weighted by Crippen LogP contribution is 2.34. The summed E-state index contributed by atoms with van der Waals surface area (Å²) in [5, 5.41) is 10.3. The predicted molar refractivity (Wildman–Crippen MR) is 69.0 cm³/mol. The lowest BCUT2D eigenvalue weighted by Crippen LogP contribution is -2.37. The predicted octanol–water partition coefficient (Wildman–Crippen LogP) is 3.35. The topological polar surface area (TPSA) is 45.9 Å². The van der Waals surface area contributed by atoms with Gasteiger partial charge in [0.05, 0.1) is 15.6 Å². The molecule has 0 bridgehead atoms. The minimum Gasteiger partial charge on any atom is -0.396 e. The first kappa shape index (κ1) is 13.4. The number of nitriles is 1. The van der Waals surface area contributed by atoms with Crippen LogP contribution < -0.4 is 0 Å². The van der Waals surface area contributed by atoms with Crippen molar-refractivity contribution in [1.82, 2.24) is 4.98 Å². The lowest BCUT2D eigenvalue weighted by Gasteiger charge is -2.29. The van der Waals surface area contributed by atoms with E-state index in [9.17, 15) is 5.26 Å². The highest BCUT2D eigenvalue weighted by molar-refractivity contribution is 7.11. The average Bonchev–Trinajstić information content (AvgIpc) is 2.43. The number of thiazole rings is 1. The van der Waals surface area contributed by atoms with Crippen LogP contribution in [0, 0.1) is 25.2 Å². The van der Waals surface area contributed by atoms with Gasteiger partial charge in [0.2, 0.25) is 0 Å². The van der Waals surface area contributed by atoms with Gasteiger partial charge >= 0.3 is 0 Å². The van der Waals surface area contributed by atoms with E-state index in [0.717, 1.165) is 15.6 Å². The fourth-order valence-corrected chi connectivity index (χ4v) is 4.11. The van der Waals surface area contributed by atoms with Gasteiger partial charge in [-0.05, 0) is 40.4 Å². The molecule has 0 saturated heterocycles. The van der Waals surface area contributed by atoms with Crippen molar-refractivity contribution in [2.45, 2.75) is 46.0 Å². The monoisotopic (exact) mass is 254 g/mol. The molecule has 0 saturated carbocycles. The van der Waals surface area contributed by atoms with Gasteiger partial charge in [0.15, 0.2) is 13.9 Å². The molecule has 88 valence electrons. The Morgan fingerprint density at radius 2 is 1.94 bits per heavy atom. The Labute approximate surface area is 102 Å². The van der Waals surface area contributed by atoms with Crippen LogP contribution in [0.25, 0.3) is 0 Å². The molecular weight excluding hydrogens is 236 g/mol. The maximum absolute atomic E-state index is 9.36. The summed E-state index contributed by atoms with van der Waals surface area (Å²) in [5.41, 5.74) is 0.0605. The summed E-state index contributed by atoms with van der Waals surface area (Å²) >= 11 is 1.55. The second-order valence-electron chi connectivity index (χ2n) is 5.01. The number of hydrogen-bond acceptors (Lipinski definition) is 4. The fourth-order valence-electron chi connectivity index (χ4n) is 1.71. The van der Waals surface area contributed by atoms with Crippen molar-refractivity contribution in [3.8, 4) is 6.07 Å². The zero-order chi connectivity index (χ0) is 12.6. The molecule has 1 aromatic rings. The number of aryl methyl sites for hydroxylation is 2. The van der Waals surface area contributed by atoms with Gasteiger partial charge in [-0.3, -0.25) is 0 Å². The molecule has 1 aromatic heterocycles. The number of hydrogen-bond donors (Lipinski definition) is 0. The van der Waals surface area contributed by atoms with Crippen molar-refractivity contribution < 1.29 is 4.43 Å². The van der Waals surface area contributed by atoms with Crippen LogP contribution in [0.4, 0.5) is 0 Å². The lowest BCUT2D eigenvalue weighted by molar-refractivity contribution is 0.144. The fraction of sp³-hybridized carbons (Fsp3) is 0.636. The van der Waals surface area contributed by atoms with E-state index in [4.69, 9.17) is 4.43 Å². The van der Waals surface area contributed by atoms with Gasteiger partial charge in [-0.1, -0.05) is 0 Å². The Hall–Kier alpha value is -0.703. The molecule has 0 N–H and O–H groups in total. The molecule has 0 fully saturated rings. The van der Waals surface area contributed by atoms with E-state index in [2.05, 4.69) is 30.7 Å². The summed E-state index contributed by atoms with van der Waals surface area (Å²) in [7, 11) is -1.75. The summed E-state index contributed by atoms with van der Waals surface area (Å²) in [6, 6.07) is 2.29. The van der Waals surface area contributed by atoms with E-state index in [1.165, 1.54) is 0 Å². The van der Waals surface area contributed by atoms with Crippen LogP contribution in [0.2, 0.25) is 19.6 Å². The van der Waals surface area contributed by atoms with E-state index < -0.39 is 13.9 Å². The third-order valence-corrected chi connectivity index (χ3v) is 4.36. The molecule has 0 unspecified atom stereocenters. The van der Waals surface area contributed by atoms with E-state index in [-0.39, 0.29) is 0 Å². The van der Waals surface area contributed by atoms with Crippen LogP contribution in [0.1, 0.15) is 22.5 Å². The Morgan fingerprint density at radius 1 is 1.38 bits per heavy atom. The summed E-state index contributed by atoms with van der Waals surface area (Å²) in [6.45, 7) is 12.0. The normalized spacial score (nSPS) is 15.6. The van der Waals surface area contributed by atoms with E-state index in [0.29, 0.717) is 0 Å². The number of aromatic nitrogens is 1. The molecule has 1 heterocycles. The molecule has 3 nitrogen and oxygen atoms in total. The molecule has 0 aliphatic heterocycles. The molecule has 0 amide bonds. The first-order chi connectivity index (χ1) is 7.18. The minimum atomic E-state index is -1.75. The van der Waals surface area contributed by atoms with Crippen molar-refractivity contribution in [2.75, 3.05) is 0 Å². The Bertz CT molecular complexity index is 430. The third kappa shape index (κ3) is 2.91. The van der Waals surface area contributed by atoms with Crippen molar-refractivity contribution in [3.05, 3.63) is 15.6 Å². The van der Waals surface area contributed by atoms with E-state index in [1.807, 2.05) is 20.8 Å². The van der Waals surface area contributed by atoms with Crippen LogP contribution in [-0.2, 0) is 10.0 Å². The van der Waals surface area contributed by atoms with Crippen molar-refractivity contribution in [2.24, 2.45) is 0 Å². The van der Waals surface area contributed by atoms with Gasteiger partial charge < -0.3 is 4.43 Å². The maximum Gasteiger partial charge on any atom is 0.186 e. The zero-order valence-electron chi connectivity index (χ0n) is 10.7. The third-order valence-electron chi connectivity index (χ3n) is 2.06. The van der Waals surface area contributed by atoms with E-state index >= 15 is 0 Å². The first-order valence-electron chi connectivity index (χ1n) is 5.24. The lowest BCUT2D eigenvalue weighted by atomic mass is 10.1. The minimum absolute atomic E-state index is 0.847. The van der Waals surface area contributed by atoms with Crippen LogP contribution in [0.15, 0.2) is 0 Å². The average molecular weight is 254 g/mol. The molecule has 0 aromatic carbocycles. The highest BCUT2D eigenvalue weighted by atomic mass is 32.1. The Balaban J connectivity index is 3.16. The summed E-state index contributed by atoms with van der Waals surface area (Å²) in [4.78, 5) is 5.30. The van der Waals surface area contributed by atoms with Gasteiger partial charge in [-0.15, -0.1) is 11.3 Å². The van der Waals surface area contributed by atoms with Gasteiger partial charge in [-0.2, -0.15) is 5.26 Å². The standard InChI is InChI=1S/C11H18N2OSSi/c1-8-10(15-9(2)13-8)11(3,7-12)14-16(4,5)6/h1-6H3/t11-/m0/s1. The van der Waals surface area contributed by atoms with Crippen molar-refractivity contribution in [1.29, 1.82) is 5.26 Å². The van der Waals surface area contributed by atoms with Crippen LogP contribution in [0.3, 0.4) is 0 Å². The molecule has 0 aliphatic rings. The highest BCUT2D eigenvalue weighted by Gasteiger charge is 2.36. The molecule has 1 atom stereocenters. The Kier molecular flexibility index (Phi) is 3.58. The van der Waals surface area contributed by atoms with E-state index in [1.54, 1.807) is 11.3 Å². The van der Waals surface area contributed by atoms with Crippen LogP contribution in [-0.4, -0.2) is 13.3 Å². The van der Waals surface area contributed by atoms with Crippen LogP contribution in [0.5, 0.6) is 0 Å². The van der Waals surface area contributed by atoms with Gasteiger partial charge in [0, 0.05) is 0 Å². The molecule has 5 heteroatoms. The molecule has 0 spiro atoms. The molecular formula is C11H18N2OSSi. The van der Waals surface area contributed by atoms with Crippen LogP contribution >= 0.6 is 11.3 Å². The summed E-state index contributed by atoms with van der Waals surface area (Å²) in [5.74, 6) is 0.